The van der Waals surface area contributed by atoms with Gasteiger partial charge in [0.05, 0.1) is 17.3 Å². The van der Waals surface area contributed by atoms with Crippen LogP contribution in [-0.4, -0.2) is 38.3 Å². The molecule has 1 aliphatic heterocycles. The maximum atomic E-state index is 12.8. The number of hydrogen-bond acceptors (Lipinski definition) is 5. The van der Waals surface area contributed by atoms with Crippen LogP contribution in [0.2, 0.25) is 0 Å². The molecule has 2 aromatic heterocycles. The monoisotopic (exact) mass is 337 g/mol. The van der Waals surface area contributed by atoms with Crippen molar-refractivity contribution in [2.45, 2.75) is 36.4 Å². The topological polar surface area (TPSA) is 63.9 Å². The molecule has 4 rings (SSSR count). The van der Waals surface area contributed by atoms with E-state index in [0.717, 1.165) is 23.1 Å². The lowest BCUT2D eigenvalue weighted by Crippen LogP contribution is -2.27. The Kier molecular flexibility index (Phi) is 3.15. The summed E-state index contributed by atoms with van der Waals surface area (Å²) in [6, 6.07) is 0. The summed E-state index contributed by atoms with van der Waals surface area (Å²) in [6.45, 7) is -0.500. The van der Waals surface area contributed by atoms with E-state index in [-0.39, 0.29) is 5.91 Å². The molecule has 1 spiro atoms. The van der Waals surface area contributed by atoms with Crippen molar-refractivity contribution in [1.82, 2.24) is 19.7 Å². The summed E-state index contributed by atoms with van der Waals surface area (Å²) in [5.74, 6) is 0.472. The highest BCUT2D eigenvalue weighted by Gasteiger charge is 2.60. The summed E-state index contributed by atoms with van der Waals surface area (Å²) in [5.41, 5.74) is 0.755. The van der Waals surface area contributed by atoms with Gasteiger partial charge in [-0.2, -0.15) is 5.10 Å². The summed E-state index contributed by atoms with van der Waals surface area (Å²) in [4.78, 5) is 23.1. The molecule has 0 unspecified atom stereocenters. The summed E-state index contributed by atoms with van der Waals surface area (Å²) in [6.07, 6.45) is 5.48. The number of thioether (sulfide) groups is 1. The molecule has 9 heteroatoms. The Balaban J connectivity index is 1.77. The fourth-order valence-corrected chi connectivity index (χ4v) is 3.28. The molecule has 0 radical (unpaired) electrons. The molecule has 6 nitrogen and oxygen atoms in total. The van der Waals surface area contributed by atoms with Crippen molar-refractivity contribution in [2.24, 2.45) is 0 Å². The van der Waals surface area contributed by atoms with Gasteiger partial charge in [-0.15, -0.1) is 0 Å². The highest BCUT2D eigenvalue weighted by molar-refractivity contribution is 7.98. The quantitative estimate of drug-likeness (QED) is 0.633. The van der Waals surface area contributed by atoms with E-state index < -0.39 is 18.4 Å². The second kappa shape index (κ2) is 4.98. The van der Waals surface area contributed by atoms with Gasteiger partial charge in [0.25, 0.3) is 6.43 Å². The number of amides is 1. The zero-order chi connectivity index (χ0) is 16.2. The van der Waals surface area contributed by atoms with Crippen LogP contribution in [0.4, 0.5) is 20.3 Å². The van der Waals surface area contributed by atoms with Crippen LogP contribution in [0.3, 0.4) is 0 Å². The van der Waals surface area contributed by atoms with E-state index in [9.17, 15) is 13.6 Å². The van der Waals surface area contributed by atoms with Crippen LogP contribution in [-0.2, 0) is 16.8 Å². The molecule has 2 aliphatic rings. The van der Waals surface area contributed by atoms with Gasteiger partial charge in [0.1, 0.15) is 12.4 Å². The number of nitrogens with zero attached hydrogens (tertiary/aromatic N) is 5. The van der Waals surface area contributed by atoms with Crippen molar-refractivity contribution in [2.75, 3.05) is 11.2 Å². The fourth-order valence-electron chi connectivity index (χ4n) is 2.95. The summed E-state index contributed by atoms with van der Waals surface area (Å²) >= 11 is 1.39. The van der Waals surface area contributed by atoms with Crippen LogP contribution in [0.15, 0.2) is 23.7 Å². The van der Waals surface area contributed by atoms with Gasteiger partial charge in [-0.25, -0.2) is 18.7 Å². The van der Waals surface area contributed by atoms with Gasteiger partial charge in [-0.1, -0.05) is 11.8 Å². The molecule has 0 N–H and O–H groups in total. The molecular formula is C14H13F2N5OS. The van der Waals surface area contributed by atoms with Crippen LogP contribution >= 0.6 is 11.8 Å². The van der Waals surface area contributed by atoms with Crippen molar-refractivity contribution in [3.8, 4) is 0 Å². The van der Waals surface area contributed by atoms with E-state index in [1.807, 2.05) is 6.26 Å². The summed E-state index contributed by atoms with van der Waals surface area (Å²) in [7, 11) is 0. The van der Waals surface area contributed by atoms with Gasteiger partial charge in [0, 0.05) is 18.0 Å². The lowest BCUT2D eigenvalue weighted by molar-refractivity contribution is -0.119. The predicted octanol–water partition coefficient (Wildman–Crippen LogP) is 2.37. The number of carbonyl (C=O) groups is 1. The van der Waals surface area contributed by atoms with Gasteiger partial charge < -0.3 is 0 Å². The van der Waals surface area contributed by atoms with Crippen molar-refractivity contribution in [3.63, 3.8) is 0 Å². The van der Waals surface area contributed by atoms with Crippen LogP contribution in [0.5, 0.6) is 0 Å². The first-order valence-electron chi connectivity index (χ1n) is 7.12. The standard InChI is InChI=1S/C14H13F2N5OS/c1-23-13-17-5-9-11(19-13)21(12(22)14(9)2-3-14)8-4-18-20(6-8)7-10(15)16/h4-6,10H,2-3,7H2,1H3. The zero-order valence-corrected chi connectivity index (χ0v) is 13.1. The Labute approximate surface area is 134 Å². The Morgan fingerprint density at radius 2 is 2.17 bits per heavy atom. The Bertz CT molecular complexity index is 789. The minimum Gasteiger partial charge on any atom is -0.273 e. The Morgan fingerprint density at radius 3 is 2.83 bits per heavy atom. The average Bonchev–Trinajstić information content (AvgIpc) is 3.15. The first-order valence-corrected chi connectivity index (χ1v) is 8.34. The van der Waals surface area contributed by atoms with Gasteiger partial charge in [0.15, 0.2) is 5.16 Å². The second-order valence-electron chi connectivity index (χ2n) is 5.63. The third kappa shape index (κ3) is 2.13. The molecule has 1 saturated carbocycles. The molecule has 3 heterocycles. The van der Waals surface area contributed by atoms with E-state index in [2.05, 4.69) is 15.1 Å². The van der Waals surface area contributed by atoms with Crippen molar-refractivity contribution >= 4 is 29.2 Å². The largest absolute Gasteiger partial charge is 0.273 e. The van der Waals surface area contributed by atoms with E-state index >= 15 is 0 Å². The third-order valence-corrected chi connectivity index (χ3v) is 4.78. The minimum atomic E-state index is -2.50. The highest BCUT2D eigenvalue weighted by Crippen LogP contribution is 2.58. The van der Waals surface area contributed by atoms with E-state index in [1.54, 1.807) is 6.20 Å². The molecule has 2 aromatic rings. The second-order valence-corrected chi connectivity index (χ2v) is 6.40. The number of carbonyl (C=O) groups excluding carboxylic acids is 1. The van der Waals surface area contributed by atoms with Crippen LogP contribution < -0.4 is 4.90 Å². The molecule has 1 fully saturated rings. The lowest BCUT2D eigenvalue weighted by Gasteiger charge is -2.14. The third-order valence-electron chi connectivity index (χ3n) is 4.22. The Hall–Kier alpha value is -2.03. The molecule has 0 aromatic carbocycles. The number of alkyl halides is 2. The Morgan fingerprint density at radius 1 is 1.39 bits per heavy atom. The molecule has 23 heavy (non-hydrogen) atoms. The van der Waals surface area contributed by atoms with E-state index in [0.29, 0.717) is 16.7 Å². The smallest absolute Gasteiger partial charge is 0.257 e. The van der Waals surface area contributed by atoms with Gasteiger partial charge in [-0.3, -0.25) is 14.4 Å². The van der Waals surface area contributed by atoms with Crippen LogP contribution in [0, 0.1) is 0 Å². The first kappa shape index (κ1) is 14.6. The first-order chi connectivity index (χ1) is 11.0. The van der Waals surface area contributed by atoms with Crippen LogP contribution in [0.25, 0.3) is 0 Å². The number of rotatable bonds is 4. The maximum absolute atomic E-state index is 12.8. The van der Waals surface area contributed by atoms with Gasteiger partial charge in [0.2, 0.25) is 5.91 Å². The van der Waals surface area contributed by atoms with E-state index in [1.165, 1.54) is 29.1 Å². The number of anilines is 2. The number of fused-ring (bicyclic) bond motifs is 2. The van der Waals surface area contributed by atoms with Gasteiger partial charge in [-0.05, 0) is 19.1 Å². The molecule has 120 valence electrons. The maximum Gasteiger partial charge on any atom is 0.257 e. The molecule has 1 amide bonds. The number of aromatic nitrogens is 4. The molecule has 1 aliphatic carbocycles. The normalized spacial score (nSPS) is 18.1. The van der Waals surface area contributed by atoms with Crippen LogP contribution in [0.1, 0.15) is 18.4 Å². The number of hydrogen-bond donors (Lipinski definition) is 0. The highest BCUT2D eigenvalue weighted by atomic mass is 32.2. The molecule has 0 saturated heterocycles. The van der Waals surface area contributed by atoms with Crippen molar-refractivity contribution in [3.05, 3.63) is 24.2 Å². The summed E-state index contributed by atoms with van der Waals surface area (Å²) in [5, 5.41) is 4.48. The average molecular weight is 337 g/mol. The van der Waals surface area contributed by atoms with Gasteiger partial charge >= 0.3 is 0 Å². The van der Waals surface area contributed by atoms with Crippen molar-refractivity contribution < 1.29 is 13.6 Å². The SMILES string of the molecule is CSc1ncc2c(n1)N(c1cnn(CC(F)F)c1)C(=O)C21CC1. The fraction of sp³-hybridized carbons (Fsp3) is 0.429. The summed E-state index contributed by atoms with van der Waals surface area (Å²) < 4.78 is 26.1. The lowest BCUT2D eigenvalue weighted by atomic mass is 10.0. The minimum absolute atomic E-state index is 0.0725. The predicted molar refractivity (Wildman–Crippen MR) is 80.1 cm³/mol. The molecule has 0 bridgehead atoms. The zero-order valence-electron chi connectivity index (χ0n) is 12.2. The van der Waals surface area contributed by atoms with E-state index in [4.69, 9.17) is 0 Å². The molecular weight excluding hydrogens is 324 g/mol. The molecule has 0 atom stereocenters. The number of halogens is 2. The van der Waals surface area contributed by atoms with Crippen molar-refractivity contribution in [1.29, 1.82) is 0 Å².